The second kappa shape index (κ2) is 11.4. The lowest BCUT2D eigenvalue weighted by Gasteiger charge is -2.06. The number of hydrogen-bond acceptors (Lipinski definition) is 4. The molecule has 0 aliphatic heterocycles. The number of nitrogens with zero attached hydrogens (tertiary/aromatic N) is 2. The maximum absolute atomic E-state index is 11.7. The molecular weight excluding hydrogens is 339 g/mol. The van der Waals surface area contributed by atoms with Gasteiger partial charge in [0.1, 0.15) is 0 Å². The molecule has 2 N–H and O–H groups in total. The zero-order valence-electron chi connectivity index (χ0n) is 12.3. The molecule has 0 aromatic carbocycles. The van der Waals surface area contributed by atoms with Crippen LogP contribution < -0.4 is 10.6 Å². The van der Waals surface area contributed by atoms with Gasteiger partial charge in [-0.25, -0.2) is 0 Å². The molecule has 124 valence electrons. The molecule has 0 aliphatic carbocycles. The third-order valence-electron chi connectivity index (χ3n) is 2.77. The number of carbonyl (C=O) groups is 2. The van der Waals surface area contributed by atoms with Gasteiger partial charge >= 0.3 is 0 Å². The number of pyridine rings is 2. The van der Waals surface area contributed by atoms with Gasteiger partial charge in [0.05, 0.1) is 11.1 Å². The Hall–Kier alpha value is -2.18. The predicted octanol–water partition coefficient (Wildman–Crippen LogP) is 1.87. The molecule has 0 atom stereocenters. The topological polar surface area (TPSA) is 84.0 Å². The molecule has 0 saturated carbocycles. The van der Waals surface area contributed by atoms with Crippen molar-refractivity contribution in [2.45, 2.75) is 6.42 Å². The lowest BCUT2D eigenvalue weighted by molar-refractivity contribution is 0.0951. The van der Waals surface area contributed by atoms with Crippen molar-refractivity contribution < 1.29 is 9.59 Å². The summed E-state index contributed by atoms with van der Waals surface area (Å²) < 4.78 is 0. The number of halogens is 2. The van der Waals surface area contributed by atoms with Crippen LogP contribution in [0.2, 0.25) is 0 Å². The van der Waals surface area contributed by atoms with Crippen LogP contribution in [-0.2, 0) is 0 Å². The molecular formula is C15H18Cl2N4O2. The van der Waals surface area contributed by atoms with E-state index in [0.29, 0.717) is 30.6 Å². The number of nitrogens with one attached hydrogen (secondary N) is 2. The number of hydrogen-bond donors (Lipinski definition) is 2. The highest BCUT2D eigenvalue weighted by Gasteiger charge is 2.05. The molecule has 2 aromatic rings. The first-order chi connectivity index (χ1) is 10.3. The fourth-order valence-corrected chi connectivity index (χ4v) is 1.69. The van der Waals surface area contributed by atoms with Crippen molar-refractivity contribution in [3.05, 3.63) is 60.2 Å². The van der Waals surface area contributed by atoms with Gasteiger partial charge in [-0.05, 0) is 30.7 Å². The van der Waals surface area contributed by atoms with Gasteiger partial charge in [0.2, 0.25) is 0 Å². The van der Waals surface area contributed by atoms with Gasteiger partial charge in [0, 0.05) is 37.9 Å². The Bertz CT molecular complexity index is 543. The van der Waals surface area contributed by atoms with Crippen LogP contribution in [0.3, 0.4) is 0 Å². The molecule has 0 bridgehead atoms. The van der Waals surface area contributed by atoms with Gasteiger partial charge in [-0.15, -0.1) is 24.8 Å². The highest BCUT2D eigenvalue weighted by molar-refractivity contribution is 5.94. The third kappa shape index (κ3) is 7.08. The van der Waals surface area contributed by atoms with E-state index < -0.39 is 0 Å². The van der Waals surface area contributed by atoms with Gasteiger partial charge < -0.3 is 10.6 Å². The Morgan fingerprint density at radius 2 is 1.26 bits per heavy atom. The van der Waals surface area contributed by atoms with E-state index in [4.69, 9.17) is 0 Å². The summed E-state index contributed by atoms with van der Waals surface area (Å²) in [7, 11) is 0. The van der Waals surface area contributed by atoms with Crippen LogP contribution >= 0.6 is 24.8 Å². The summed E-state index contributed by atoms with van der Waals surface area (Å²) in [6.45, 7) is 0.974. The maximum atomic E-state index is 11.7. The minimum absolute atomic E-state index is 0. The Labute approximate surface area is 146 Å². The summed E-state index contributed by atoms with van der Waals surface area (Å²) >= 11 is 0. The van der Waals surface area contributed by atoms with Crippen LogP contribution in [0.1, 0.15) is 27.1 Å². The molecule has 2 amide bonds. The van der Waals surface area contributed by atoms with Crippen LogP contribution in [-0.4, -0.2) is 34.9 Å². The molecule has 2 heterocycles. The van der Waals surface area contributed by atoms with E-state index >= 15 is 0 Å². The summed E-state index contributed by atoms with van der Waals surface area (Å²) in [5.41, 5.74) is 1.05. The van der Waals surface area contributed by atoms with E-state index in [1.807, 2.05) is 0 Å². The first-order valence-electron chi connectivity index (χ1n) is 6.64. The predicted molar refractivity (Wildman–Crippen MR) is 92.3 cm³/mol. The highest BCUT2D eigenvalue weighted by Crippen LogP contribution is 1.96. The fraction of sp³-hybridized carbons (Fsp3) is 0.200. The second-order valence-corrected chi connectivity index (χ2v) is 4.35. The van der Waals surface area contributed by atoms with Crippen LogP contribution in [0.4, 0.5) is 0 Å². The van der Waals surface area contributed by atoms with E-state index in [1.165, 1.54) is 12.4 Å². The van der Waals surface area contributed by atoms with E-state index in [-0.39, 0.29) is 36.6 Å². The Morgan fingerprint density at radius 3 is 1.61 bits per heavy atom. The first-order valence-corrected chi connectivity index (χ1v) is 6.64. The van der Waals surface area contributed by atoms with Crippen molar-refractivity contribution in [2.24, 2.45) is 0 Å². The molecule has 0 saturated heterocycles. The Kier molecular flexibility index (Phi) is 10.3. The molecule has 0 radical (unpaired) electrons. The molecule has 0 unspecified atom stereocenters. The maximum Gasteiger partial charge on any atom is 0.252 e. The Morgan fingerprint density at radius 1 is 0.826 bits per heavy atom. The van der Waals surface area contributed by atoms with Crippen molar-refractivity contribution in [1.29, 1.82) is 0 Å². The highest BCUT2D eigenvalue weighted by atomic mass is 35.5. The van der Waals surface area contributed by atoms with Crippen molar-refractivity contribution in [1.82, 2.24) is 20.6 Å². The number of rotatable bonds is 6. The lowest BCUT2D eigenvalue weighted by Crippen LogP contribution is -2.29. The molecule has 0 spiro atoms. The van der Waals surface area contributed by atoms with Gasteiger partial charge in [0.25, 0.3) is 11.8 Å². The van der Waals surface area contributed by atoms with Crippen molar-refractivity contribution in [3.63, 3.8) is 0 Å². The Balaban J connectivity index is 0.00000242. The van der Waals surface area contributed by atoms with Crippen molar-refractivity contribution in [2.75, 3.05) is 13.1 Å². The number of amides is 2. The summed E-state index contributed by atoms with van der Waals surface area (Å²) in [5, 5.41) is 5.54. The van der Waals surface area contributed by atoms with Crippen molar-refractivity contribution >= 4 is 36.6 Å². The summed E-state index contributed by atoms with van der Waals surface area (Å²) in [5.74, 6) is -0.330. The van der Waals surface area contributed by atoms with Crippen molar-refractivity contribution in [3.8, 4) is 0 Å². The van der Waals surface area contributed by atoms with Crippen LogP contribution in [0.15, 0.2) is 49.1 Å². The van der Waals surface area contributed by atoms with Gasteiger partial charge in [-0.3, -0.25) is 19.6 Å². The van der Waals surface area contributed by atoms with Gasteiger partial charge in [-0.2, -0.15) is 0 Å². The van der Waals surface area contributed by atoms with Gasteiger partial charge in [-0.1, -0.05) is 0 Å². The molecule has 2 rings (SSSR count). The molecule has 6 nitrogen and oxygen atoms in total. The average Bonchev–Trinajstić information content (AvgIpc) is 2.55. The minimum Gasteiger partial charge on any atom is -0.352 e. The largest absolute Gasteiger partial charge is 0.352 e. The smallest absolute Gasteiger partial charge is 0.252 e. The molecule has 0 fully saturated rings. The molecule has 2 aromatic heterocycles. The minimum atomic E-state index is -0.165. The van der Waals surface area contributed by atoms with Gasteiger partial charge in [0.15, 0.2) is 0 Å². The normalized spacial score (nSPS) is 9.04. The van der Waals surface area contributed by atoms with Crippen LogP contribution in [0.25, 0.3) is 0 Å². The molecule has 23 heavy (non-hydrogen) atoms. The zero-order valence-corrected chi connectivity index (χ0v) is 13.9. The van der Waals surface area contributed by atoms with E-state index in [1.54, 1.807) is 36.7 Å². The quantitative estimate of drug-likeness (QED) is 0.773. The second-order valence-electron chi connectivity index (χ2n) is 4.35. The third-order valence-corrected chi connectivity index (χ3v) is 2.77. The number of aromatic nitrogens is 2. The van der Waals surface area contributed by atoms with E-state index in [9.17, 15) is 9.59 Å². The van der Waals surface area contributed by atoms with E-state index in [0.717, 1.165) is 0 Å². The molecule has 0 aliphatic rings. The van der Waals surface area contributed by atoms with E-state index in [2.05, 4.69) is 20.6 Å². The zero-order chi connectivity index (χ0) is 14.9. The lowest BCUT2D eigenvalue weighted by atomic mass is 10.2. The summed E-state index contributed by atoms with van der Waals surface area (Å²) in [4.78, 5) is 31.2. The summed E-state index contributed by atoms with van der Waals surface area (Å²) in [6.07, 6.45) is 6.91. The fourth-order valence-electron chi connectivity index (χ4n) is 1.69. The first kappa shape index (κ1) is 20.8. The summed E-state index contributed by atoms with van der Waals surface area (Å²) in [6, 6.07) is 6.82. The van der Waals surface area contributed by atoms with Crippen LogP contribution in [0, 0.1) is 0 Å². The average molecular weight is 357 g/mol. The molecule has 8 heteroatoms. The number of carbonyl (C=O) groups excluding carboxylic acids is 2. The standard InChI is InChI=1S/C15H16N4O2.2ClH/c20-14(12-4-1-6-16-10-12)18-8-3-9-19-15(21)13-5-2-7-17-11-13;;/h1-2,4-7,10-11H,3,8-9H2,(H,18,20)(H,19,21);2*1H. The monoisotopic (exact) mass is 356 g/mol. The van der Waals surface area contributed by atoms with Crippen LogP contribution in [0.5, 0.6) is 0 Å². The SMILES string of the molecule is Cl.Cl.O=C(NCCCNC(=O)c1cccnc1)c1cccnc1.